The lowest BCUT2D eigenvalue weighted by atomic mass is 10.0. The second-order valence-corrected chi connectivity index (χ2v) is 13.8. The van der Waals surface area contributed by atoms with Crippen molar-refractivity contribution >= 4 is 47.5 Å². The maximum Gasteiger partial charge on any atom is 0.326 e. The highest BCUT2D eigenvalue weighted by atomic mass is 16.4. The summed E-state index contributed by atoms with van der Waals surface area (Å²) in [6, 6.07) is 9.07. The second kappa shape index (κ2) is 31.6. The molecule has 2 aromatic rings. The van der Waals surface area contributed by atoms with Crippen LogP contribution in [-0.2, 0) is 46.4 Å². The number of aliphatic carboxylic acids is 3. The fraction of sp³-hybridized carbons (Fsp3) is 0.500. The Morgan fingerprint density at radius 2 is 0.984 bits per heavy atom. The molecule has 0 aliphatic heterocycles. The van der Waals surface area contributed by atoms with Gasteiger partial charge in [0.15, 0.2) is 5.96 Å². The van der Waals surface area contributed by atoms with Crippen molar-refractivity contribution in [2.45, 2.75) is 108 Å². The minimum absolute atomic E-state index is 0.00154. The molecule has 5 atom stereocenters. The Kier molecular flexibility index (Phi) is 28.3. The second-order valence-electron chi connectivity index (χ2n) is 13.8. The van der Waals surface area contributed by atoms with Crippen molar-refractivity contribution in [1.29, 1.82) is 0 Å². The third-order valence-electron chi connectivity index (χ3n) is 8.37. The van der Waals surface area contributed by atoms with E-state index in [2.05, 4.69) is 26.3 Å². The van der Waals surface area contributed by atoms with E-state index in [1.54, 1.807) is 42.5 Å². The number of unbranched alkanes of at least 4 members (excludes halogenated alkanes) is 2. The summed E-state index contributed by atoms with van der Waals surface area (Å²) in [5.74, 6) is -5.79. The molecule has 21 nitrogen and oxygen atoms in total. The molecule has 0 saturated heterocycles. The number of carboxylic acid groups (broad SMARTS) is 3. The standard InChI is InChI=1S/C36H56N10O7.2C2H4O2/c37-18-6-4-11-26(39)31(48)43-27(12-5-7-19-38)32(49)45-30(22-24-14-16-25(47)17-15-24)34(51)46-29(21-23-9-2-1-3-10-23)33(50)44-28(35(52)53)13-8-20-42-36(40)41;2*1-2(3)4/h1-3,9-10,14-17,26-30,47H,4-8,11-13,18-22,37-39H2,(H,43,48)(H,44,50)(H,45,49)(H,46,51)(H,52,53)(H4,40,41,42);2*1H3,(H,3,4)/t26-,27-,28-,29-,30-;;/m0../s1. The molecule has 21 heteroatoms. The highest BCUT2D eigenvalue weighted by molar-refractivity contribution is 5.95. The summed E-state index contributed by atoms with van der Waals surface area (Å²) in [6.45, 7) is 3.15. The first-order valence-corrected chi connectivity index (χ1v) is 19.7. The first kappa shape index (κ1) is 54.7. The number of benzene rings is 2. The van der Waals surface area contributed by atoms with Gasteiger partial charge in [-0.2, -0.15) is 0 Å². The largest absolute Gasteiger partial charge is 0.508 e. The van der Waals surface area contributed by atoms with Crippen LogP contribution in [0.25, 0.3) is 0 Å². The zero-order valence-corrected chi connectivity index (χ0v) is 34.8. The van der Waals surface area contributed by atoms with Crippen molar-refractivity contribution in [1.82, 2.24) is 21.3 Å². The molecule has 0 fully saturated rings. The van der Waals surface area contributed by atoms with Gasteiger partial charge in [-0.05, 0) is 81.3 Å². The molecule has 2 rings (SSSR count). The zero-order chi connectivity index (χ0) is 46.3. The highest BCUT2D eigenvalue weighted by Crippen LogP contribution is 2.13. The maximum atomic E-state index is 14.1. The third-order valence-corrected chi connectivity index (χ3v) is 8.37. The summed E-state index contributed by atoms with van der Waals surface area (Å²) in [4.78, 5) is 88.4. The van der Waals surface area contributed by atoms with Crippen LogP contribution in [0.4, 0.5) is 0 Å². The van der Waals surface area contributed by atoms with E-state index in [1.165, 1.54) is 12.1 Å². The lowest BCUT2D eigenvalue weighted by Gasteiger charge is -2.27. The quantitative estimate of drug-likeness (QED) is 0.0324. The number of hydrogen-bond donors (Lipinski definition) is 13. The third kappa shape index (κ3) is 27.1. The van der Waals surface area contributed by atoms with Crippen LogP contribution in [0.1, 0.15) is 76.3 Å². The summed E-state index contributed by atoms with van der Waals surface area (Å²) in [5, 5.41) is 45.2. The number of phenols is 1. The van der Waals surface area contributed by atoms with E-state index in [0.717, 1.165) is 13.8 Å². The van der Waals surface area contributed by atoms with Gasteiger partial charge >= 0.3 is 5.97 Å². The van der Waals surface area contributed by atoms with Crippen LogP contribution >= 0.6 is 0 Å². The van der Waals surface area contributed by atoms with Gasteiger partial charge in [0.2, 0.25) is 23.6 Å². The maximum absolute atomic E-state index is 14.1. The summed E-state index contributed by atoms with van der Waals surface area (Å²) in [5.41, 5.74) is 29.3. The minimum Gasteiger partial charge on any atom is -0.508 e. The molecular weight excluding hydrogens is 796 g/mol. The number of carboxylic acids is 3. The van der Waals surface area contributed by atoms with Gasteiger partial charge in [0.05, 0.1) is 6.04 Å². The number of aliphatic imine (C=N–C) groups is 1. The van der Waals surface area contributed by atoms with Crippen molar-refractivity contribution in [3.8, 4) is 5.75 Å². The van der Waals surface area contributed by atoms with Gasteiger partial charge in [0.25, 0.3) is 11.9 Å². The molecule has 0 spiro atoms. The summed E-state index contributed by atoms with van der Waals surface area (Å²) >= 11 is 0. The number of nitrogens with two attached hydrogens (primary N) is 5. The fourth-order valence-electron chi connectivity index (χ4n) is 5.39. The first-order chi connectivity index (χ1) is 28.8. The van der Waals surface area contributed by atoms with E-state index < -0.39 is 71.7 Å². The number of rotatable bonds is 25. The summed E-state index contributed by atoms with van der Waals surface area (Å²) in [7, 11) is 0. The summed E-state index contributed by atoms with van der Waals surface area (Å²) in [6.07, 6.45) is 3.21. The Morgan fingerprint density at radius 1 is 0.574 bits per heavy atom. The molecule has 0 aliphatic carbocycles. The molecule has 0 heterocycles. The molecule has 0 radical (unpaired) electrons. The van der Waals surface area contributed by atoms with Gasteiger partial charge in [0.1, 0.15) is 29.9 Å². The fourth-order valence-corrected chi connectivity index (χ4v) is 5.39. The smallest absolute Gasteiger partial charge is 0.326 e. The van der Waals surface area contributed by atoms with Crippen molar-refractivity contribution in [2.24, 2.45) is 33.7 Å². The minimum atomic E-state index is -1.31. The zero-order valence-electron chi connectivity index (χ0n) is 34.8. The molecule has 340 valence electrons. The van der Waals surface area contributed by atoms with E-state index in [4.69, 9.17) is 48.5 Å². The van der Waals surface area contributed by atoms with Gasteiger partial charge in [0, 0.05) is 33.2 Å². The topological polar surface area (TPSA) is 391 Å². The molecule has 0 unspecified atom stereocenters. The van der Waals surface area contributed by atoms with Crippen LogP contribution in [0.2, 0.25) is 0 Å². The number of amides is 4. The Morgan fingerprint density at radius 3 is 1.44 bits per heavy atom. The van der Waals surface area contributed by atoms with Gasteiger partial charge in [-0.25, -0.2) is 4.79 Å². The Bertz CT molecular complexity index is 1660. The number of phenolic OH excluding ortho intramolecular Hbond substituents is 1. The van der Waals surface area contributed by atoms with Crippen LogP contribution in [0.15, 0.2) is 59.6 Å². The molecule has 0 saturated carbocycles. The molecule has 0 bridgehead atoms. The first-order valence-electron chi connectivity index (χ1n) is 19.7. The van der Waals surface area contributed by atoms with E-state index >= 15 is 0 Å². The van der Waals surface area contributed by atoms with E-state index in [1.807, 2.05) is 0 Å². The molecule has 0 aromatic heterocycles. The predicted molar refractivity (Wildman–Crippen MR) is 228 cm³/mol. The van der Waals surface area contributed by atoms with Crippen LogP contribution in [0.5, 0.6) is 5.75 Å². The SMILES string of the molecule is CC(=O)O.CC(=O)O.NCCCC[C@H](NC(=O)[C@@H](N)CCCCN)C(=O)N[C@@H](Cc1ccc(O)cc1)C(=O)N[C@@H](Cc1ccccc1)C(=O)N[C@@H](CCCN=C(N)N)C(=O)O. The number of guanidine groups is 1. The molecule has 2 aromatic carbocycles. The molecule has 0 aliphatic rings. The molecular formula is C40H64N10O11. The van der Waals surface area contributed by atoms with E-state index in [-0.39, 0.29) is 50.4 Å². The number of aromatic hydroxyl groups is 1. The Labute approximate surface area is 355 Å². The Hall–Kier alpha value is -6.32. The van der Waals surface area contributed by atoms with E-state index in [0.29, 0.717) is 56.3 Å². The number of carbonyl (C=O) groups excluding carboxylic acids is 4. The van der Waals surface area contributed by atoms with Gasteiger partial charge in [-0.15, -0.1) is 0 Å². The van der Waals surface area contributed by atoms with Crippen LogP contribution in [0, 0.1) is 0 Å². The normalized spacial score (nSPS) is 12.7. The monoisotopic (exact) mass is 860 g/mol. The van der Waals surface area contributed by atoms with Crippen LogP contribution in [0.3, 0.4) is 0 Å². The van der Waals surface area contributed by atoms with E-state index in [9.17, 15) is 34.2 Å². The van der Waals surface area contributed by atoms with Crippen molar-refractivity contribution in [3.63, 3.8) is 0 Å². The van der Waals surface area contributed by atoms with Crippen molar-refractivity contribution < 1.29 is 54.0 Å². The van der Waals surface area contributed by atoms with Crippen molar-refractivity contribution in [3.05, 3.63) is 65.7 Å². The number of hydrogen-bond acceptors (Lipinski definition) is 12. The van der Waals surface area contributed by atoms with Crippen LogP contribution in [-0.4, -0.2) is 118 Å². The highest BCUT2D eigenvalue weighted by Gasteiger charge is 2.32. The average Bonchev–Trinajstić information content (AvgIpc) is 3.18. The molecule has 4 amide bonds. The lowest BCUT2D eigenvalue weighted by Crippen LogP contribution is -2.59. The average molecular weight is 861 g/mol. The van der Waals surface area contributed by atoms with Gasteiger partial charge in [-0.1, -0.05) is 48.9 Å². The van der Waals surface area contributed by atoms with Crippen LogP contribution < -0.4 is 49.9 Å². The van der Waals surface area contributed by atoms with Crippen molar-refractivity contribution in [2.75, 3.05) is 19.6 Å². The number of carbonyl (C=O) groups is 7. The Balaban J connectivity index is 0.00000411. The molecule has 18 N–H and O–H groups in total. The number of nitrogens with zero attached hydrogens (tertiary/aromatic N) is 1. The predicted octanol–water partition coefficient (Wildman–Crippen LogP) is -0.978. The summed E-state index contributed by atoms with van der Waals surface area (Å²) < 4.78 is 0. The molecule has 61 heavy (non-hydrogen) atoms. The lowest BCUT2D eigenvalue weighted by molar-refractivity contribution is -0.142. The van der Waals surface area contributed by atoms with Gasteiger partial charge in [-0.3, -0.25) is 33.8 Å². The van der Waals surface area contributed by atoms with Gasteiger partial charge < -0.3 is 70.4 Å². The number of nitrogens with one attached hydrogen (secondary N) is 4.